The lowest BCUT2D eigenvalue weighted by atomic mass is 10.1. The van der Waals surface area contributed by atoms with Gasteiger partial charge in [0.25, 0.3) is 0 Å². The van der Waals surface area contributed by atoms with Crippen LogP contribution in [0.25, 0.3) is 21.8 Å². The minimum atomic E-state index is 0.696. The van der Waals surface area contributed by atoms with Crippen LogP contribution in [0.3, 0.4) is 0 Å². The smallest absolute Gasteiger partial charge is 0.0938 e. The molecule has 1 heterocycles. The van der Waals surface area contributed by atoms with Crippen LogP contribution in [0, 0.1) is 0 Å². The highest BCUT2D eigenvalue weighted by molar-refractivity contribution is 6.01. The fourth-order valence-corrected chi connectivity index (χ4v) is 1.93. The summed E-state index contributed by atoms with van der Waals surface area (Å²) < 4.78 is 0. The SMILES string of the molecule is Nc1cccc2nc3c(N)cccc3cc12. The molecule has 0 aliphatic carbocycles. The normalized spacial score (nSPS) is 11.0. The standard InChI is InChI=1S/C13H11N3/c14-10-4-2-6-12-9(10)7-8-3-1-5-11(15)13(8)16-12/h1-7H,14-15H2. The molecule has 16 heavy (non-hydrogen) atoms. The van der Waals surface area contributed by atoms with Gasteiger partial charge in [-0.25, -0.2) is 4.98 Å². The van der Waals surface area contributed by atoms with Crippen molar-refractivity contribution in [1.29, 1.82) is 0 Å². The molecule has 1 aromatic heterocycles. The Morgan fingerprint density at radius 1 is 0.875 bits per heavy atom. The van der Waals surface area contributed by atoms with Gasteiger partial charge in [-0.2, -0.15) is 0 Å². The molecular weight excluding hydrogens is 198 g/mol. The minimum absolute atomic E-state index is 0.696. The second-order valence-electron chi connectivity index (χ2n) is 3.82. The summed E-state index contributed by atoms with van der Waals surface area (Å²) in [6, 6.07) is 13.5. The molecule has 3 rings (SSSR count). The maximum Gasteiger partial charge on any atom is 0.0938 e. The molecule has 4 N–H and O–H groups in total. The molecule has 0 aliphatic rings. The number of nitrogens with zero attached hydrogens (tertiary/aromatic N) is 1. The lowest BCUT2D eigenvalue weighted by Gasteiger charge is -2.05. The quantitative estimate of drug-likeness (QED) is 0.441. The van der Waals surface area contributed by atoms with E-state index >= 15 is 0 Å². The lowest BCUT2D eigenvalue weighted by Crippen LogP contribution is -1.92. The van der Waals surface area contributed by atoms with Crippen LogP contribution in [0.1, 0.15) is 0 Å². The van der Waals surface area contributed by atoms with E-state index in [1.165, 1.54) is 0 Å². The molecule has 0 spiro atoms. The van der Waals surface area contributed by atoms with Crippen LogP contribution in [0.15, 0.2) is 42.5 Å². The van der Waals surface area contributed by atoms with E-state index in [0.29, 0.717) is 5.69 Å². The molecule has 0 atom stereocenters. The van der Waals surface area contributed by atoms with Crippen molar-refractivity contribution in [3.8, 4) is 0 Å². The molecule has 0 saturated heterocycles. The van der Waals surface area contributed by atoms with Crippen molar-refractivity contribution in [1.82, 2.24) is 4.98 Å². The van der Waals surface area contributed by atoms with E-state index in [1.807, 2.05) is 42.5 Å². The maximum absolute atomic E-state index is 5.91. The maximum atomic E-state index is 5.91. The second-order valence-corrected chi connectivity index (χ2v) is 3.82. The van der Waals surface area contributed by atoms with Crippen LogP contribution >= 0.6 is 0 Å². The van der Waals surface area contributed by atoms with Gasteiger partial charge in [0, 0.05) is 16.5 Å². The summed E-state index contributed by atoms with van der Waals surface area (Å²) in [7, 11) is 0. The molecule has 0 radical (unpaired) electrons. The molecule has 3 aromatic rings. The monoisotopic (exact) mass is 209 g/mol. The van der Waals surface area contributed by atoms with Gasteiger partial charge in [-0.05, 0) is 24.3 Å². The van der Waals surface area contributed by atoms with Crippen molar-refractivity contribution in [2.24, 2.45) is 0 Å². The van der Waals surface area contributed by atoms with E-state index in [2.05, 4.69) is 4.98 Å². The Morgan fingerprint density at radius 3 is 2.50 bits per heavy atom. The molecule has 3 heteroatoms. The molecule has 78 valence electrons. The number of nitrogens with two attached hydrogens (primary N) is 2. The van der Waals surface area contributed by atoms with Gasteiger partial charge in [0.2, 0.25) is 0 Å². The first kappa shape index (κ1) is 8.97. The van der Waals surface area contributed by atoms with E-state index in [-0.39, 0.29) is 0 Å². The number of hydrogen-bond acceptors (Lipinski definition) is 3. The summed E-state index contributed by atoms with van der Waals surface area (Å²) in [5.74, 6) is 0. The van der Waals surface area contributed by atoms with E-state index in [0.717, 1.165) is 27.5 Å². The Bertz CT molecular complexity index is 628. The lowest BCUT2D eigenvalue weighted by molar-refractivity contribution is 1.50. The van der Waals surface area contributed by atoms with E-state index in [4.69, 9.17) is 11.5 Å². The van der Waals surface area contributed by atoms with Crippen molar-refractivity contribution in [3.63, 3.8) is 0 Å². The van der Waals surface area contributed by atoms with Crippen LogP contribution in [0.4, 0.5) is 11.4 Å². The third-order valence-corrected chi connectivity index (χ3v) is 2.75. The first-order valence-electron chi connectivity index (χ1n) is 5.09. The molecule has 2 aromatic carbocycles. The van der Waals surface area contributed by atoms with Gasteiger partial charge in [0.05, 0.1) is 16.7 Å². The van der Waals surface area contributed by atoms with Crippen LogP contribution in [-0.4, -0.2) is 4.98 Å². The Kier molecular flexibility index (Phi) is 1.74. The van der Waals surface area contributed by atoms with Gasteiger partial charge in [0.1, 0.15) is 0 Å². The zero-order valence-corrected chi connectivity index (χ0v) is 8.64. The van der Waals surface area contributed by atoms with Crippen LogP contribution in [0.5, 0.6) is 0 Å². The summed E-state index contributed by atoms with van der Waals surface area (Å²) in [5.41, 5.74) is 15.0. The summed E-state index contributed by atoms with van der Waals surface area (Å²) in [6.45, 7) is 0. The van der Waals surface area contributed by atoms with E-state index in [1.54, 1.807) is 0 Å². The van der Waals surface area contributed by atoms with Crippen molar-refractivity contribution < 1.29 is 0 Å². The summed E-state index contributed by atoms with van der Waals surface area (Å²) in [5, 5.41) is 1.99. The number of hydrogen-bond donors (Lipinski definition) is 2. The summed E-state index contributed by atoms with van der Waals surface area (Å²) in [4.78, 5) is 4.53. The van der Waals surface area contributed by atoms with Gasteiger partial charge < -0.3 is 11.5 Å². The Labute approximate surface area is 92.7 Å². The third kappa shape index (κ3) is 1.18. The summed E-state index contributed by atoms with van der Waals surface area (Å²) in [6.07, 6.45) is 0. The number of para-hydroxylation sites is 1. The molecule has 0 amide bonds. The number of anilines is 2. The first-order chi connectivity index (χ1) is 7.75. The van der Waals surface area contributed by atoms with Crippen molar-refractivity contribution in [2.75, 3.05) is 11.5 Å². The van der Waals surface area contributed by atoms with Crippen molar-refractivity contribution in [3.05, 3.63) is 42.5 Å². The summed E-state index contributed by atoms with van der Waals surface area (Å²) >= 11 is 0. The van der Waals surface area contributed by atoms with Gasteiger partial charge in [-0.15, -0.1) is 0 Å². The third-order valence-electron chi connectivity index (χ3n) is 2.75. The van der Waals surface area contributed by atoms with E-state index < -0.39 is 0 Å². The number of nitrogen functional groups attached to an aromatic ring is 2. The zero-order chi connectivity index (χ0) is 11.1. The molecule has 0 saturated carbocycles. The predicted octanol–water partition coefficient (Wildman–Crippen LogP) is 2.55. The van der Waals surface area contributed by atoms with Crippen LogP contribution in [0.2, 0.25) is 0 Å². The molecular formula is C13H11N3. The van der Waals surface area contributed by atoms with Crippen molar-refractivity contribution in [2.45, 2.75) is 0 Å². The number of fused-ring (bicyclic) bond motifs is 2. The average Bonchev–Trinajstić information content (AvgIpc) is 2.29. The number of rotatable bonds is 0. The average molecular weight is 209 g/mol. The topological polar surface area (TPSA) is 64.9 Å². The second kappa shape index (κ2) is 3.10. The Hall–Kier alpha value is -2.29. The first-order valence-corrected chi connectivity index (χ1v) is 5.09. The Morgan fingerprint density at radius 2 is 1.62 bits per heavy atom. The number of benzene rings is 2. The van der Waals surface area contributed by atoms with Crippen molar-refractivity contribution >= 4 is 33.2 Å². The molecule has 0 bridgehead atoms. The van der Waals surface area contributed by atoms with Gasteiger partial charge in [-0.3, -0.25) is 0 Å². The van der Waals surface area contributed by atoms with Crippen LogP contribution in [-0.2, 0) is 0 Å². The van der Waals surface area contributed by atoms with Gasteiger partial charge in [-0.1, -0.05) is 18.2 Å². The fourth-order valence-electron chi connectivity index (χ4n) is 1.93. The number of pyridine rings is 1. The molecule has 0 unspecified atom stereocenters. The van der Waals surface area contributed by atoms with Gasteiger partial charge >= 0.3 is 0 Å². The Balaban J connectivity index is 2.54. The number of aromatic nitrogens is 1. The van der Waals surface area contributed by atoms with Crippen LogP contribution < -0.4 is 11.5 Å². The largest absolute Gasteiger partial charge is 0.398 e. The van der Waals surface area contributed by atoms with Gasteiger partial charge in [0.15, 0.2) is 0 Å². The highest BCUT2D eigenvalue weighted by atomic mass is 14.7. The minimum Gasteiger partial charge on any atom is -0.398 e. The molecule has 0 fully saturated rings. The van der Waals surface area contributed by atoms with E-state index in [9.17, 15) is 0 Å². The zero-order valence-electron chi connectivity index (χ0n) is 8.64. The highest BCUT2D eigenvalue weighted by Crippen LogP contribution is 2.26. The highest BCUT2D eigenvalue weighted by Gasteiger charge is 2.03. The fraction of sp³-hybridized carbons (Fsp3) is 0. The molecule has 3 nitrogen and oxygen atoms in total. The predicted molar refractivity (Wildman–Crippen MR) is 68.1 cm³/mol. The molecule has 0 aliphatic heterocycles.